The van der Waals surface area contributed by atoms with E-state index in [9.17, 15) is 13.2 Å². The molecule has 0 aliphatic carbocycles. The topological polar surface area (TPSA) is 88.1 Å². The number of hydrazone groups is 1. The van der Waals surface area contributed by atoms with Crippen LogP contribution in [0.5, 0.6) is 5.75 Å². The SMILES string of the molecule is COc1cccc(/C=N/NC(=O)CN(c2ccc(C(C)C)cc2)S(=O)(=O)c2ccccc2)c1. The predicted octanol–water partition coefficient (Wildman–Crippen LogP) is 4.16. The molecule has 1 N–H and O–H groups in total. The largest absolute Gasteiger partial charge is 0.497 e. The molecular weight excluding hydrogens is 438 g/mol. The molecule has 0 bridgehead atoms. The van der Waals surface area contributed by atoms with Crippen LogP contribution in [-0.4, -0.2) is 34.2 Å². The van der Waals surface area contributed by atoms with Gasteiger partial charge < -0.3 is 4.74 Å². The van der Waals surface area contributed by atoms with Crippen LogP contribution in [0, 0.1) is 0 Å². The van der Waals surface area contributed by atoms with E-state index in [4.69, 9.17) is 4.74 Å². The van der Waals surface area contributed by atoms with Crippen LogP contribution in [0.4, 0.5) is 5.69 Å². The highest BCUT2D eigenvalue weighted by atomic mass is 32.2. The van der Waals surface area contributed by atoms with Gasteiger partial charge >= 0.3 is 0 Å². The third-order valence-corrected chi connectivity index (χ3v) is 6.75. The van der Waals surface area contributed by atoms with Crippen LogP contribution in [0.1, 0.15) is 30.9 Å². The van der Waals surface area contributed by atoms with Crippen molar-refractivity contribution in [3.8, 4) is 5.75 Å². The summed E-state index contributed by atoms with van der Waals surface area (Å²) in [5.74, 6) is 0.393. The molecule has 3 aromatic rings. The highest BCUT2D eigenvalue weighted by Gasteiger charge is 2.27. The van der Waals surface area contributed by atoms with Crippen LogP contribution >= 0.6 is 0 Å². The number of hydrogen-bond acceptors (Lipinski definition) is 5. The minimum absolute atomic E-state index is 0.102. The Kier molecular flexibility index (Phi) is 7.84. The van der Waals surface area contributed by atoms with Crippen LogP contribution < -0.4 is 14.5 Å². The number of rotatable bonds is 9. The first kappa shape index (κ1) is 24.0. The summed E-state index contributed by atoms with van der Waals surface area (Å²) in [6.45, 7) is 3.69. The monoisotopic (exact) mass is 465 g/mol. The van der Waals surface area contributed by atoms with Gasteiger partial charge in [-0.2, -0.15) is 5.10 Å². The normalized spacial score (nSPS) is 11.5. The van der Waals surface area contributed by atoms with Crippen molar-refractivity contribution >= 4 is 27.8 Å². The van der Waals surface area contributed by atoms with Gasteiger partial charge in [0.15, 0.2) is 0 Å². The van der Waals surface area contributed by atoms with E-state index in [-0.39, 0.29) is 4.90 Å². The van der Waals surface area contributed by atoms with E-state index in [2.05, 4.69) is 24.4 Å². The molecule has 172 valence electrons. The van der Waals surface area contributed by atoms with Gasteiger partial charge in [-0.25, -0.2) is 13.8 Å². The summed E-state index contributed by atoms with van der Waals surface area (Å²) in [6.07, 6.45) is 1.47. The lowest BCUT2D eigenvalue weighted by molar-refractivity contribution is -0.119. The summed E-state index contributed by atoms with van der Waals surface area (Å²) in [6, 6.07) is 22.4. The van der Waals surface area contributed by atoms with Gasteiger partial charge in [0.1, 0.15) is 12.3 Å². The van der Waals surface area contributed by atoms with Crippen molar-refractivity contribution in [1.29, 1.82) is 0 Å². The summed E-state index contributed by atoms with van der Waals surface area (Å²) < 4.78 is 32.9. The Hall–Kier alpha value is -3.65. The Morgan fingerprint density at radius 3 is 2.36 bits per heavy atom. The molecule has 0 aliphatic heterocycles. The highest BCUT2D eigenvalue weighted by molar-refractivity contribution is 7.92. The maximum absolute atomic E-state index is 13.3. The van der Waals surface area contributed by atoms with E-state index in [1.807, 2.05) is 12.1 Å². The Morgan fingerprint density at radius 1 is 1.03 bits per heavy atom. The molecule has 33 heavy (non-hydrogen) atoms. The van der Waals surface area contributed by atoms with Crippen molar-refractivity contribution in [3.63, 3.8) is 0 Å². The van der Waals surface area contributed by atoms with Crippen molar-refractivity contribution in [2.75, 3.05) is 18.0 Å². The van der Waals surface area contributed by atoms with Crippen LogP contribution in [-0.2, 0) is 14.8 Å². The Balaban J connectivity index is 1.83. The first-order valence-corrected chi connectivity index (χ1v) is 11.9. The van der Waals surface area contributed by atoms with Gasteiger partial charge in [0.05, 0.1) is 23.9 Å². The van der Waals surface area contributed by atoms with Crippen molar-refractivity contribution in [1.82, 2.24) is 5.43 Å². The number of methoxy groups -OCH3 is 1. The van der Waals surface area contributed by atoms with Crippen molar-refractivity contribution in [2.24, 2.45) is 5.10 Å². The lowest BCUT2D eigenvalue weighted by Gasteiger charge is -2.24. The Labute approximate surface area is 194 Å². The first-order chi connectivity index (χ1) is 15.8. The van der Waals surface area contributed by atoms with E-state index in [1.54, 1.807) is 61.7 Å². The van der Waals surface area contributed by atoms with Gasteiger partial charge in [-0.3, -0.25) is 9.10 Å². The third kappa shape index (κ3) is 6.20. The van der Waals surface area contributed by atoms with Gasteiger partial charge in [0.25, 0.3) is 15.9 Å². The van der Waals surface area contributed by atoms with E-state index < -0.39 is 22.5 Å². The summed E-state index contributed by atoms with van der Waals surface area (Å²) >= 11 is 0. The number of sulfonamides is 1. The van der Waals surface area contributed by atoms with Gasteiger partial charge in [-0.05, 0) is 53.4 Å². The molecule has 0 saturated heterocycles. The molecule has 0 atom stereocenters. The molecule has 7 nitrogen and oxygen atoms in total. The molecule has 0 aromatic heterocycles. The lowest BCUT2D eigenvalue weighted by Crippen LogP contribution is -2.39. The number of hydrogen-bond donors (Lipinski definition) is 1. The number of amides is 1. The number of ether oxygens (including phenoxy) is 1. The number of benzene rings is 3. The minimum Gasteiger partial charge on any atom is -0.497 e. The average molecular weight is 466 g/mol. The summed E-state index contributed by atoms with van der Waals surface area (Å²) in [5.41, 5.74) is 4.61. The van der Waals surface area contributed by atoms with Gasteiger partial charge in [0.2, 0.25) is 0 Å². The van der Waals surface area contributed by atoms with Crippen LogP contribution in [0.15, 0.2) is 88.9 Å². The molecule has 0 aliphatic rings. The smallest absolute Gasteiger partial charge is 0.264 e. The van der Waals surface area contributed by atoms with Crippen molar-refractivity contribution in [2.45, 2.75) is 24.7 Å². The van der Waals surface area contributed by atoms with Gasteiger partial charge in [0, 0.05) is 0 Å². The fraction of sp³-hybridized carbons (Fsp3) is 0.200. The zero-order chi connectivity index (χ0) is 23.8. The number of carbonyl (C=O) groups is 1. The maximum atomic E-state index is 13.3. The summed E-state index contributed by atoms with van der Waals surface area (Å²) in [4.78, 5) is 12.7. The molecule has 1 amide bonds. The number of nitrogens with zero attached hydrogens (tertiary/aromatic N) is 2. The molecule has 0 spiro atoms. The number of nitrogens with one attached hydrogen (secondary N) is 1. The average Bonchev–Trinajstić information content (AvgIpc) is 2.83. The number of anilines is 1. The molecule has 3 aromatic carbocycles. The molecule has 0 heterocycles. The van der Waals surface area contributed by atoms with Crippen molar-refractivity contribution < 1.29 is 17.9 Å². The third-order valence-electron chi connectivity index (χ3n) is 4.96. The first-order valence-electron chi connectivity index (χ1n) is 10.4. The second kappa shape index (κ2) is 10.8. The molecule has 0 fully saturated rings. The van der Waals surface area contributed by atoms with Gasteiger partial charge in [-0.1, -0.05) is 56.3 Å². The zero-order valence-corrected chi connectivity index (χ0v) is 19.6. The molecule has 0 unspecified atom stereocenters. The van der Waals surface area contributed by atoms with E-state index in [1.165, 1.54) is 18.3 Å². The number of carbonyl (C=O) groups excluding carboxylic acids is 1. The second-order valence-corrected chi connectivity index (χ2v) is 9.50. The molecule has 3 rings (SSSR count). The van der Waals surface area contributed by atoms with E-state index in [0.717, 1.165) is 15.4 Å². The predicted molar refractivity (Wildman–Crippen MR) is 130 cm³/mol. The molecular formula is C25H27N3O4S. The minimum atomic E-state index is -3.96. The lowest BCUT2D eigenvalue weighted by atomic mass is 10.0. The quantitative estimate of drug-likeness (QED) is 0.380. The van der Waals surface area contributed by atoms with Crippen LogP contribution in [0.25, 0.3) is 0 Å². The fourth-order valence-electron chi connectivity index (χ4n) is 3.13. The zero-order valence-electron chi connectivity index (χ0n) is 18.8. The highest BCUT2D eigenvalue weighted by Crippen LogP contribution is 2.25. The molecule has 0 saturated carbocycles. The van der Waals surface area contributed by atoms with E-state index >= 15 is 0 Å². The van der Waals surface area contributed by atoms with Crippen molar-refractivity contribution in [3.05, 3.63) is 90.0 Å². The molecule has 0 radical (unpaired) electrons. The summed E-state index contributed by atoms with van der Waals surface area (Å²) in [5, 5.41) is 3.95. The Morgan fingerprint density at radius 2 is 1.73 bits per heavy atom. The maximum Gasteiger partial charge on any atom is 0.264 e. The standard InChI is InChI=1S/C25H27N3O4S/c1-19(2)21-12-14-22(15-13-21)28(33(30,31)24-10-5-4-6-11-24)18-25(29)27-26-17-20-8-7-9-23(16-20)32-3/h4-17,19H,18H2,1-3H3,(H,27,29)/b26-17+. The summed E-state index contributed by atoms with van der Waals surface area (Å²) in [7, 11) is -2.40. The Bertz CT molecular complexity index is 1210. The second-order valence-electron chi connectivity index (χ2n) is 7.64. The van der Waals surface area contributed by atoms with Gasteiger partial charge in [-0.15, -0.1) is 0 Å². The fourth-order valence-corrected chi connectivity index (χ4v) is 4.57. The van der Waals surface area contributed by atoms with E-state index in [0.29, 0.717) is 17.4 Å². The van der Waals surface area contributed by atoms with Crippen LogP contribution in [0.2, 0.25) is 0 Å². The molecule has 8 heteroatoms. The van der Waals surface area contributed by atoms with Crippen LogP contribution in [0.3, 0.4) is 0 Å².